The minimum Gasteiger partial charge on any atom is -0.464 e. The molecule has 0 fully saturated rings. The van der Waals surface area contributed by atoms with E-state index in [0.717, 1.165) is 21.0 Å². The van der Waals surface area contributed by atoms with Gasteiger partial charge in [-0.05, 0) is 33.8 Å². The maximum Gasteiger partial charge on any atom is 0.329 e. The molecule has 0 aliphatic rings. The van der Waals surface area contributed by atoms with Crippen LogP contribution in [0.25, 0.3) is 0 Å². The number of rotatable bonds is 8. The summed E-state index contributed by atoms with van der Waals surface area (Å²) in [5.41, 5.74) is -2.80. The number of ether oxygens (including phenoxy) is 1. The molecule has 2 aromatic rings. The SMILES string of the molecule is Cc1cn(CN(CCOC(=O)C(C)(C)C)S(=O)(=O)c2ccccc2[N+](=O)[O-])c(=O)[nH]c1=O. The monoisotopic (exact) mass is 468 g/mol. The number of esters is 1. The van der Waals surface area contributed by atoms with Crippen molar-refractivity contribution in [2.45, 2.75) is 39.3 Å². The van der Waals surface area contributed by atoms with E-state index in [-0.39, 0.29) is 18.7 Å². The Bertz CT molecular complexity index is 1240. The Kier molecular flexibility index (Phi) is 7.36. The number of nitro groups is 1. The summed E-state index contributed by atoms with van der Waals surface area (Å²) in [5, 5.41) is 11.4. The molecule has 1 aromatic carbocycles. The third-order valence-electron chi connectivity index (χ3n) is 4.37. The summed E-state index contributed by atoms with van der Waals surface area (Å²) in [6.45, 7) is 4.99. The standard InChI is InChI=1S/C19H24N4O8S/c1-13-11-21(18(26)20-16(13)24)12-22(9-10-31-17(25)19(2,3)4)32(29,30)15-8-6-5-7-14(15)23(27)28/h5-8,11H,9-10,12H2,1-4H3,(H,20,24,26). The fraction of sp³-hybridized carbons (Fsp3) is 0.421. The normalized spacial score (nSPS) is 12.0. The van der Waals surface area contributed by atoms with Crippen LogP contribution >= 0.6 is 0 Å². The van der Waals surface area contributed by atoms with Crippen LogP contribution in [0.5, 0.6) is 0 Å². The van der Waals surface area contributed by atoms with E-state index in [1.165, 1.54) is 25.3 Å². The number of nitrogens with one attached hydrogen (secondary N) is 1. The first-order valence-electron chi connectivity index (χ1n) is 9.46. The van der Waals surface area contributed by atoms with Gasteiger partial charge >= 0.3 is 11.7 Å². The van der Waals surface area contributed by atoms with Gasteiger partial charge in [-0.2, -0.15) is 4.31 Å². The van der Waals surface area contributed by atoms with Crippen molar-refractivity contribution in [2.75, 3.05) is 13.2 Å². The number of aromatic amines is 1. The molecule has 0 spiro atoms. The largest absolute Gasteiger partial charge is 0.464 e. The van der Waals surface area contributed by atoms with Crippen molar-refractivity contribution in [3.05, 3.63) is 67.0 Å². The van der Waals surface area contributed by atoms with Crippen LogP contribution in [0, 0.1) is 22.5 Å². The molecule has 2 rings (SSSR count). The van der Waals surface area contributed by atoms with Crippen LogP contribution in [0.2, 0.25) is 0 Å². The molecule has 0 aliphatic heterocycles. The number of benzene rings is 1. The molecular formula is C19H24N4O8S. The molecule has 174 valence electrons. The summed E-state index contributed by atoms with van der Waals surface area (Å²) < 4.78 is 33.4. The molecule has 0 atom stereocenters. The zero-order valence-corrected chi connectivity index (χ0v) is 18.8. The number of aryl methyl sites for hydroxylation is 1. The van der Waals surface area contributed by atoms with E-state index in [1.54, 1.807) is 20.8 Å². The minimum absolute atomic E-state index is 0.159. The number of hydrogen-bond donors (Lipinski definition) is 1. The maximum atomic E-state index is 13.3. The number of nitro benzene ring substituents is 1. The van der Waals surface area contributed by atoms with Crippen LogP contribution in [0.4, 0.5) is 5.69 Å². The molecule has 0 unspecified atom stereocenters. The van der Waals surface area contributed by atoms with Gasteiger partial charge in [0, 0.05) is 17.8 Å². The van der Waals surface area contributed by atoms with Crippen LogP contribution < -0.4 is 11.2 Å². The second-order valence-corrected chi connectivity index (χ2v) is 9.88. The molecule has 0 aliphatic carbocycles. The van der Waals surface area contributed by atoms with Crippen LogP contribution in [-0.4, -0.2) is 46.3 Å². The molecule has 1 N–H and O–H groups in total. The van der Waals surface area contributed by atoms with Gasteiger partial charge in [-0.3, -0.25) is 29.3 Å². The first-order valence-corrected chi connectivity index (χ1v) is 10.9. The maximum absolute atomic E-state index is 13.3. The lowest BCUT2D eigenvalue weighted by Crippen LogP contribution is -2.41. The van der Waals surface area contributed by atoms with Crippen molar-refractivity contribution in [1.29, 1.82) is 0 Å². The molecule has 0 amide bonds. The van der Waals surface area contributed by atoms with Crippen molar-refractivity contribution in [1.82, 2.24) is 13.9 Å². The number of para-hydroxylation sites is 1. The first kappa shape index (κ1) is 24.9. The Morgan fingerprint density at radius 3 is 2.47 bits per heavy atom. The van der Waals surface area contributed by atoms with E-state index >= 15 is 0 Å². The zero-order valence-electron chi connectivity index (χ0n) is 18.0. The molecule has 12 nitrogen and oxygen atoms in total. The van der Waals surface area contributed by atoms with Gasteiger partial charge in [0.15, 0.2) is 4.90 Å². The highest BCUT2D eigenvalue weighted by molar-refractivity contribution is 7.89. The first-order chi connectivity index (χ1) is 14.7. The molecule has 1 heterocycles. The summed E-state index contributed by atoms with van der Waals surface area (Å²) in [7, 11) is -4.50. The van der Waals surface area contributed by atoms with Gasteiger partial charge < -0.3 is 4.74 Å². The van der Waals surface area contributed by atoms with Crippen LogP contribution in [-0.2, 0) is 26.2 Å². The summed E-state index contributed by atoms with van der Waals surface area (Å²) in [5.74, 6) is -0.572. The number of hydrogen-bond acceptors (Lipinski definition) is 8. The lowest BCUT2D eigenvalue weighted by Gasteiger charge is -2.24. The highest BCUT2D eigenvalue weighted by Crippen LogP contribution is 2.26. The van der Waals surface area contributed by atoms with Gasteiger partial charge in [0.05, 0.1) is 23.6 Å². The second kappa shape index (κ2) is 9.44. The van der Waals surface area contributed by atoms with E-state index in [9.17, 15) is 32.9 Å². The third kappa shape index (κ3) is 5.68. The molecule has 0 saturated heterocycles. The van der Waals surface area contributed by atoms with Gasteiger partial charge in [0.1, 0.15) is 6.61 Å². The average molecular weight is 468 g/mol. The molecule has 0 radical (unpaired) electrons. The number of nitrogens with zero attached hydrogens (tertiary/aromatic N) is 3. The minimum atomic E-state index is -4.50. The van der Waals surface area contributed by atoms with Gasteiger partial charge in [0.25, 0.3) is 21.3 Å². The summed E-state index contributed by atoms with van der Waals surface area (Å²) in [4.78, 5) is 47.8. The Labute approximate surface area is 183 Å². The number of aromatic nitrogens is 2. The predicted octanol–water partition coefficient (Wildman–Crippen LogP) is 0.991. The van der Waals surface area contributed by atoms with Crippen LogP contribution in [0.3, 0.4) is 0 Å². The summed E-state index contributed by atoms with van der Waals surface area (Å²) >= 11 is 0. The fourth-order valence-electron chi connectivity index (χ4n) is 2.58. The van der Waals surface area contributed by atoms with Gasteiger partial charge in [-0.25, -0.2) is 13.2 Å². The average Bonchev–Trinajstić information content (AvgIpc) is 2.70. The van der Waals surface area contributed by atoms with Crippen LogP contribution in [0.1, 0.15) is 26.3 Å². The smallest absolute Gasteiger partial charge is 0.329 e. The van der Waals surface area contributed by atoms with E-state index in [2.05, 4.69) is 4.98 Å². The molecule has 0 bridgehead atoms. The Hall–Kier alpha value is -3.32. The van der Waals surface area contributed by atoms with E-state index in [4.69, 9.17) is 4.74 Å². The van der Waals surface area contributed by atoms with Crippen molar-refractivity contribution in [3.8, 4) is 0 Å². The fourth-order valence-corrected chi connectivity index (χ4v) is 4.11. The van der Waals surface area contributed by atoms with Crippen LogP contribution in [0.15, 0.2) is 44.9 Å². The number of carbonyl (C=O) groups excluding carboxylic acids is 1. The van der Waals surface area contributed by atoms with Crippen molar-refractivity contribution in [3.63, 3.8) is 0 Å². The van der Waals surface area contributed by atoms with Crippen molar-refractivity contribution >= 4 is 21.7 Å². The van der Waals surface area contributed by atoms with Gasteiger partial charge in [-0.15, -0.1) is 0 Å². The van der Waals surface area contributed by atoms with E-state index < -0.39 is 54.8 Å². The molecular weight excluding hydrogens is 444 g/mol. The third-order valence-corrected chi connectivity index (χ3v) is 6.24. The quantitative estimate of drug-likeness (QED) is 0.341. The Balaban J connectivity index is 2.47. The predicted molar refractivity (Wildman–Crippen MR) is 113 cm³/mol. The number of sulfonamides is 1. The second-order valence-electron chi connectivity index (χ2n) is 7.97. The Morgan fingerprint density at radius 1 is 1.25 bits per heavy atom. The van der Waals surface area contributed by atoms with Crippen molar-refractivity contribution in [2.24, 2.45) is 5.41 Å². The molecule has 32 heavy (non-hydrogen) atoms. The highest BCUT2D eigenvalue weighted by atomic mass is 32.2. The van der Waals surface area contributed by atoms with E-state index in [1.807, 2.05) is 0 Å². The zero-order chi connectivity index (χ0) is 24.3. The molecule has 0 saturated carbocycles. The lowest BCUT2D eigenvalue weighted by molar-refractivity contribution is -0.387. The topological polar surface area (TPSA) is 162 Å². The van der Waals surface area contributed by atoms with Crippen molar-refractivity contribution < 1.29 is 22.9 Å². The summed E-state index contributed by atoms with van der Waals surface area (Å²) in [6, 6.07) is 4.76. The molecule has 13 heteroatoms. The summed E-state index contributed by atoms with van der Waals surface area (Å²) in [6.07, 6.45) is 1.17. The number of carbonyl (C=O) groups is 1. The van der Waals surface area contributed by atoms with E-state index in [0.29, 0.717) is 0 Å². The Morgan fingerprint density at radius 2 is 1.88 bits per heavy atom. The lowest BCUT2D eigenvalue weighted by atomic mass is 9.97. The van der Waals surface area contributed by atoms with Gasteiger partial charge in [-0.1, -0.05) is 12.1 Å². The number of H-pyrrole nitrogens is 1. The van der Waals surface area contributed by atoms with Gasteiger partial charge in [0.2, 0.25) is 0 Å². The molecule has 1 aromatic heterocycles. The highest BCUT2D eigenvalue weighted by Gasteiger charge is 2.32.